The highest BCUT2D eigenvalue weighted by atomic mass is 16.5. The molecule has 2 rings (SSSR count). The van der Waals surface area contributed by atoms with Crippen molar-refractivity contribution in [3.05, 3.63) is 36.0 Å². The van der Waals surface area contributed by atoms with Crippen molar-refractivity contribution in [2.45, 2.75) is 6.54 Å². The number of rotatable bonds is 4. The highest BCUT2D eigenvalue weighted by Crippen LogP contribution is 2.24. The van der Waals surface area contributed by atoms with E-state index < -0.39 is 0 Å². The Hall–Kier alpha value is -2.10. The number of pyridine rings is 1. The van der Waals surface area contributed by atoms with Gasteiger partial charge in [-0.2, -0.15) is 0 Å². The normalized spacial score (nSPS) is 10.1. The Bertz CT molecular complexity index is 511. The molecular formula is C12H12N2O2. The highest BCUT2D eigenvalue weighted by molar-refractivity contribution is 5.85. The van der Waals surface area contributed by atoms with Gasteiger partial charge in [0.1, 0.15) is 5.75 Å². The zero-order chi connectivity index (χ0) is 11.4. The first-order valence-corrected chi connectivity index (χ1v) is 4.95. The maximum atomic E-state index is 10.2. The van der Waals surface area contributed by atoms with E-state index in [0.29, 0.717) is 13.0 Å². The van der Waals surface area contributed by atoms with Gasteiger partial charge in [0.2, 0.25) is 6.41 Å². The Balaban J connectivity index is 2.49. The average molecular weight is 216 g/mol. The lowest BCUT2D eigenvalue weighted by atomic mass is 10.2. The number of methoxy groups -OCH3 is 1. The van der Waals surface area contributed by atoms with E-state index >= 15 is 0 Å². The van der Waals surface area contributed by atoms with Crippen molar-refractivity contribution in [1.82, 2.24) is 10.3 Å². The molecule has 0 atom stereocenters. The Morgan fingerprint density at radius 1 is 1.44 bits per heavy atom. The van der Waals surface area contributed by atoms with Crippen molar-refractivity contribution in [1.29, 1.82) is 0 Å². The smallest absolute Gasteiger partial charge is 0.207 e. The van der Waals surface area contributed by atoms with Gasteiger partial charge in [-0.25, -0.2) is 0 Å². The third kappa shape index (κ3) is 1.95. The van der Waals surface area contributed by atoms with Gasteiger partial charge in [0.25, 0.3) is 0 Å². The monoisotopic (exact) mass is 216 g/mol. The van der Waals surface area contributed by atoms with Gasteiger partial charge in [-0.1, -0.05) is 12.1 Å². The lowest BCUT2D eigenvalue weighted by Gasteiger charge is -2.07. The molecule has 0 aliphatic rings. The van der Waals surface area contributed by atoms with Crippen LogP contribution in [0, 0.1) is 0 Å². The minimum Gasteiger partial charge on any atom is -0.496 e. The van der Waals surface area contributed by atoms with Crippen LogP contribution in [0.1, 0.15) is 5.69 Å². The summed E-state index contributed by atoms with van der Waals surface area (Å²) >= 11 is 0. The Labute approximate surface area is 93.3 Å². The first-order valence-electron chi connectivity index (χ1n) is 4.95. The molecule has 0 unspecified atom stereocenters. The number of fused-ring (bicyclic) bond motifs is 1. The molecule has 0 spiro atoms. The lowest BCUT2D eigenvalue weighted by molar-refractivity contribution is -0.109. The zero-order valence-corrected chi connectivity index (χ0v) is 8.93. The van der Waals surface area contributed by atoms with E-state index in [9.17, 15) is 4.79 Å². The zero-order valence-electron chi connectivity index (χ0n) is 8.93. The van der Waals surface area contributed by atoms with Gasteiger partial charge in [0.15, 0.2) is 0 Å². The summed E-state index contributed by atoms with van der Waals surface area (Å²) in [5.41, 5.74) is 1.65. The van der Waals surface area contributed by atoms with Crippen LogP contribution in [-0.2, 0) is 11.3 Å². The topological polar surface area (TPSA) is 51.2 Å². The molecule has 1 heterocycles. The third-order valence-electron chi connectivity index (χ3n) is 2.32. The summed E-state index contributed by atoms with van der Waals surface area (Å²) in [5.74, 6) is 0.772. The van der Waals surface area contributed by atoms with E-state index in [1.54, 1.807) is 7.11 Å². The number of amides is 1. The summed E-state index contributed by atoms with van der Waals surface area (Å²) in [5, 5.41) is 3.55. The van der Waals surface area contributed by atoms with Crippen LogP contribution in [0.2, 0.25) is 0 Å². The number of hydrogen-bond acceptors (Lipinski definition) is 3. The van der Waals surface area contributed by atoms with Crippen molar-refractivity contribution >= 4 is 17.3 Å². The molecule has 4 nitrogen and oxygen atoms in total. The molecule has 2 aromatic rings. The van der Waals surface area contributed by atoms with E-state index in [0.717, 1.165) is 22.3 Å². The molecule has 1 amide bonds. The van der Waals surface area contributed by atoms with Gasteiger partial charge in [-0.15, -0.1) is 0 Å². The van der Waals surface area contributed by atoms with Crippen LogP contribution in [0.5, 0.6) is 5.75 Å². The Morgan fingerprint density at radius 2 is 2.25 bits per heavy atom. The van der Waals surface area contributed by atoms with Gasteiger partial charge in [0.05, 0.1) is 24.9 Å². The number of carbonyl (C=O) groups excluding carboxylic acids is 1. The molecule has 1 aromatic carbocycles. The number of nitrogens with zero attached hydrogens (tertiary/aromatic N) is 1. The molecule has 0 radical (unpaired) electrons. The second-order valence-corrected chi connectivity index (χ2v) is 3.33. The predicted octanol–water partition coefficient (Wildman–Crippen LogP) is 1.49. The molecule has 0 aliphatic carbocycles. The van der Waals surface area contributed by atoms with Crippen LogP contribution in [0.15, 0.2) is 30.3 Å². The minimum atomic E-state index is 0.407. The minimum absolute atomic E-state index is 0.407. The fraction of sp³-hybridized carbons (Fsp3) is 0.167. The summed E-state index contributed by atoms with van der Waals surface area (Å²) < 4.78 is 5.29. The van der Waals surface area contributed by atoms with Gasteiger partial charge in [-0.05, 0) is 12.1 Å². The first-order chi connectivity index (χ1) is 7.85. The van der Waals surface area contributed by atoms with E-state index in [1.165, 1.54) is 0 Å². The summed E-state index contributed by atoms with van der Waals surface area (Å²) in [6, 6.07) is 9.57. The Kier molecular flexibility index (Phi) is 3.00. The van der Waals surface area contributed by atoms with E-state index in [1.807, 2.05) is 30.3 Å². The number of benzene rings is 1. The first kappa shape index (κ1) is 10.4. The van der Waals surface area contributed by atoms with Crippen molar-refractivity contribution < 1.29 is 9.53 Å². The van der Waals surface area contributed by atoms with Gasteiger partial charge in [-0.3, -0.25) is 9.78 Å². The number of carbonyl (C=O) groups is 1. The Morgan fingerprint density at radius 3 is 3.00 bits per heavy atom. The van der Waals surface area contributed by atoms with Gasteiger partial charge in [0, 0.05) is 11.5 Å². The lowest BCUT2D eigenvalue weighted by Crippen LogP contribution is -2.11. The molecule has 82 valence electrons. The summed E-state index contributed by atoms with van der Waals surface area (Å²) in [6.07, 6.45) is 0.656. The maximum Gasteiger partial charge on any atom is 0.207 e. The van der Waals surface area contributed by atoms with Crippen LogP contribution in [0.4, 0.5) is 0 Å². The molecule has 16 heavy (non-hydrogen) atoms. The highest BCUT2D eigenvalue weighted by Gasteiger charge is 2.04. The van der Waals surface area contributed by atoms with Gasteiger partial charge < -0.3 is 10.1 Å². The van der Waals surface area contributed by atoms with Crippen LogP contribution in [0.3, 0.4) is 0 Å². The predicted molar refractivity (Wildman–Crippen MR) is 61.2 cm³/mol. The molecule has 0 aliphatic heterocycles. The fourth-order valence-corrected chi connectivity index (χ4v) is 1.60. The third-order valence-corrected chi connectivity index (χ3v) is 2.32. The number of ether oxygens (including phenoxy) is 1. The number of nitrogens with one attached hydrogen (secondary N) is 1. The van der Waals surface area contributed by atoms with Crippen molar-refractivity contribution in [3.63, 3.8) is 0 Å². The van der Waals surface area contributed by atoms with Crippen LogP contribution < -0.4 is 10.1 Å². The van der Waals surface area contributed by atoms with Crippen LogP contribution in [-0.4, -0.2) is 18.5 Å². The van der Waals surface area contributed by atoms with Crippen LogP contribution >= 0.6 is 0 Å². The fourth-order valence-electron chi connectivity index (χ4n) is 1.60. The second kappa shape index (κ2) is 4.61. The van der Waals surface area contributed by atoms with Crippen molar-refractivity contribution in [2.24, 2.45) is 0 Å². The van der Waals surface area contributed by atoms with Crippen LogP contribution in [0.25, 0.3) is 10.9 Å². The van der Waals surface area contributed by atoms with E-state index in [-0.39, 0.29) is 0 Å². The number of para-hydroxylation sites is 1. The molecule has 0 fully saturated rings. The summed E-state index contributed by atoms with van der Waals surface area (Å²) in [4.78, 5) is 14.6. The molecule has 1 N–H and O–H groups in total. The average Bonchev–Trinajstić information content (AvgIpc) is 2.35. The molecule has 0 saturated carbocycles. The quantitative estimate of drug-likeness (QED) is 0.788. The van der Waals surface area contributed by atoms with E-state index in [2.05, 4.69) is 10.3 Å². The van der Waals surface area contributed by atoms with Gasteiger partial charge >= 0.3 is 0 Å². The SMILES string of the molecule is COc1cc(CNC=O)nc2ccccc12. The molecule has 0 bridgehead atoms. The number of aromatic nitrogens is 1. The van der Waals surface area contributed by atoms with E-state index in [4.69, 9.17) is 4.74 Å². The largest absolute Gasteiger partial charge is 0.496 e. The maximum absolute atomic E-state index is 10.2. The van der Waals surface area contributed by atoms with Crippen molar-refractivity contribution in [3.8, 4) is 5.75 Å². The van der Waals surface area contributed by atoms with Crippen molar-refractivity contribution in [2.75, 3.05) is 7.11 Å². The number of hydrogen-bond donors (Lipinski definition) is 1. The summed E-state index contributed by atoms with van der Waals surface area (Å²) in [7, 11) is 1.62. The molecule has 0 saturated heterocycles. The summed E-state index contributed by atoms with van der Waals surface area (Å²) in [6.45, 7) is 0.407. The molecule has 1 aromatic heterocycles. The molecular weight excluding hydrogens is 204 g/mol. The molecule has 4 heteroatoms. The standard InChI is InChI=1S/C12H12N2O2/c1-16-12-6-9(7-13-8-15)14-11-5-3-2-4-10(11)12/h2-6,8H,7H2,1H3,(H,13,15). The second-order valence-electron chi connectivity index (χ2n) is 3.33.